The third kappa shape index (κ3) is 4.06. The van der Waals surface area contributed by atoms with Crippen LogP contribution in [0, 0.1) is 11.3 Å². The Balaban J connectivity index is 1.83. The summed E-state index contributed by atoms with van der Waals surface area (Å²) >= 11 is 0. The molecule has 0 bridgehead atoms. The fourth-order valence-corrected chi connectivity index (χ4v) is 4.55. The largest absolute Gasteiger partial charge is 0.368 e. The van der Waals surface area contributed by atoms with Crippen LogP contribution in [0.15, 0.2) is 46.6 Å². The van der Waals surface area contributed by atoms with E-state index in [1.807, 2.05) is 13.0 Å². The number of rotatable bonds is 1. The van der Waals surface area contributed by atoms with Crippen LogP contribution in [0.2, 0.25) is 0 Å². The van der Waals surface area contributed by atoms with Crippen LogP contribution < -0.4 is 5.32 Å². The molecule has 4 rings (SSSR count). The minimum absolute atomic E-state index is 0.204. The average Bonchev–Trinajstić information content (AvgIpc) is 3.10. The molecule has 0 aliphatic carbocycles. The Morgan fingerprint density at radius 3 is 2.87 bits per heavy atom. The molecule has 2 aromatic rings. The summed E-state index contributed by atoms with van der Waals surface area (Å²) in [4.78, 5) is 17.6. The highest BCUT2D eigenvalue weighted by Gasteiger charge is 2.24. The maximum Gasteiger partial charge on any atom is 0.252 e. The van der Waals surface area contributed by atoms with Crippen molar-refractivity contribution in [2.24, 2.45) is 4.99 Å². The zero-order valence-electron chi connectivity index (χ0n) is 18.3. The number of aliphatic imine (C=N–C) groups is 1. The summed E-state index contributed by atoms with van der Waals surface area (Å²) < 4.78 is 2.13. The van der Waals surface area contributed by atoms with Crippen molar-refractivity contribution in [3.8, 4) is 6.07 Å². The van der Waals surface area contributed by atoms with Gasteiger partial charge in [-0.15, -0.1) is 0 Å². The van der Waals surface area contributed by atoms with Crippen molar-refractivity contribution in [3.05, 3.63) is 58.3 Å². The predicted octanol–water partition coefficient (Wildman–Crippen LogP) is 4.20. The maximum absolute atomic E-state index is 13.3. The molecule has 0 saturated carbocycles. The van der Waals surface area contributed by atoms with Crippen LogP contribution in [0.3, 0.4) is 0 Å². The number of nitriles is 1. The van der Waals surface area contributed by atoms with Crippen molar-refractivity contribution in [1.29, 1.82) is 5.26 Å². The lowest BCUT2D eigenvalue weighted by molar-refractivity contribution is 0.0955. The number of aliphatic hydroxyl groups is 1. The van der Waals surface area contributed by atoms with E-state index in [-0.39, 0.29) is 18.5 Å². The molecule has 0 fully saturated rings. The molecule has 6 heteroatoms. The van der Waals surface area contributed by atoms with Gasteiger partial charge in [0.25, 0.3) is 5.91 Å². The Morgan fingerprint density at radius 1 is 1.32 bits per heavy atom. The van der Waals surface area contributed by atoms with Gasteiger partial charge in [0, 0.05) is 36.3 Å². The molecule has 2 aliphatic rings. The monoisotopic (exact) mass is 416 g/mol. The minimum atomic E-state index is -0.916. The van der Waals surface area contributed by atoms with Gasteiger partial charge in [0.05, 0.1) is 22.7 Å². The van der Waals surface area contributed by atoms with E-state index >= 15 is 0 Å². The number of aliphatic hydroxyl groups excluding tert-OH is 1. The number of hydrogen-bond donors (Lipinski definition) is 2. The number of hydrogen-bond acceptors (Lipinski definition) is 4. The van der Waals surface area contributed by atoms with Crippen LogP contribution in [-0.4, -0.2) is 34.1 Å². The molecular weight excluding hydrogens is 388 g/mol. The van der Waals surface area contributed by atoms with Crippen LogP contribution >= 0.6 is 0 Å². The lowest BCUT2D eigenvalue weighted by Crippen LogP contribution is -2.32. The molecule has 1 amide bonds. The molecule has 6 nitrogen and oxygen atoms in total. The van der Waals surface area contributed by atoms with Crippen molar-refractivity contribution < 1.29 is 9.90 Å². The second-order valence-electron chi connectivity index (χ2n) is 8.63. The molecule has 2 N–H and O–H groups in total. The van der Waals surface area contributed by atoms with Crippen LogP contribution in [0.25, 0.3) is 10.9 Å². The van der Waals surface area contributed by atoms with E-state index in [9.17, 15) is 15.2 Å². The van der Waals surface area contributed by atoms with E-state index in [0.29, 0.717) is 11.1 Å². The summed E-state index contributed by atoms with van der Waals surface area (Å²) in [5.74, 6) is -0.238. The first kappa shape index (κ1) is 21.1. The summed E-state index contributed by atoms with van der Waals surface area (Å²) in [6.45, 7) is 6.36. The summed E-state index contributed by atoms with van der Waals surface area (Å²) in [5, 5.41) is 24.0. The number of amides is 1. The predicted molar refractivity (Wildman–Crippen MR) is 122 cm³/mol. The molecule has 160 valence electrons. The number of carbonyl (C=O) groups excluding carboxylic acids is 1. The first-order chi connectivity index (χ1) is 14.9. The topological polar surface area (TPSA) is 90.4 Å². The standard InChI is InChI=1S/C25H28N4O2/c1-15(2)29-14-19-8-6-4-5-7-18-9-16(3)28-25(31)21(18)13-27-24(30)20-10-17(12-26)11-22(29)23(19)20/h4,6,10-11,14-15,25,31H,5,7-9,13H2,1-3H3,(H,27,30). The molecule has 0 spiro atoms. The molecule has 0 radical (unpaired) electrons. The number of benzene rings is 1. The second-order valence-corrected chi connectivity index (χ2v) is 8.63. The quantitative estimate of drug-likeness (QED) is 0.683. The highest BCUT2D eigenvalue weighted by atomic mass is 16.3. The van der Waals surface area contributed by atoms with E-state index in [4.69, 9.17) is 0 Å². The summed E-state index contributed by atoms with van der Waals surface area (Å²) in [6, 6.07) is 5.93. The Kier molecular flexibility index (Phi) is 5.79. The highest BCUT2D eigenvalue weighted by molar-refractivity contribution is 6.08. The summed E-state index contributed by atoms with van der Waals surface area (Å²) in [5.41, 5.74) is 5.77. The number of allylic oxidation sites excluding steroid dienone is 3. The number of nitrogens with zero attached hydrogens (tertiary/aromatic N) is 3. The minimum Gasteiger partial charge on any atom is -0.368 e. The Hall–Kier alpha value is -3.17. The lowest BCUT2D eigenvalue weighted by Gasteiger charge is -2.23. The van der Waals surface area contributed by atoms with Gasteiger partial charge in [-0.05, 0) is 63.3 Å². The normalized spacial score (nSPS) is 19.8. The zero-order chi connectivity index (χ0) is 22.1. The Bertz CT molecular complexity index is 1170. The number of carbonyl (C=O) groups is 1. The average molecular weight is 417 g/mol. The van der Waals surface area contributed by atoms with Crippen molar-refractivity contribution in [3.63, 3.8) is 0 Å². The van der Waals surface area contributed by atoms with Crippen LogP contribution in [0.4, 0.5) is 0 Å². The van der Waals surface area contributed by atoms with Gasteiger partial charge in [-0.3, -0.25) is 9.79 Å². The summed E-state index contributed by atoms with van der Waals surface area (Å²) in [6.07, 6.45) is 8.66. The van der Waals surface area contributed by atoms with E-state index < -0.39 is 6.23 Å². The first-order valence-corrected chi connectivity index (χ1v) is 10.8. The Labute approximate surface area is 182 Å². The van der Waals surface area contributed by atoms with Crippen LogP contribution in [-0.2, 0) is 6.42 Å². The van der Waals surface area contributed by atoms with E-state index in [1.165, 1.54) is 0 Å². The van der Waals surface area contributed by atoms with E-state index in [2.05, 4.69) is 53.1 Å². The lowest BCUT2D eigenvalue weighted by atomic mass is 9.94. The van der Waals surface area contributed by atoms with Crippen molar-refractivity contribution in [1.82, 2.24) is 9.88 Å². The SMILES string of the molecule is CC1=NC(O)C2=C(CCC=CCc3cn(C(C)C)c4cc(C#N)cc(c34)C(=O)NC2)C1. The van der Waals surface area contributed by atoms with E-state index in [1.54, 1.807) is 6.07 Å². The van der Waals surface area contributed by atoms with Gasteiger partial charge in [-0.25, -0.2) is 0 Å². The molecule has 1 atom stereocenters. The number of nitrogens with one attached hydrogen (secondary N) is 1. The van der Waals surface area contributed by atoms with Crippen molar-refractivity contribution in [2.45, 2.75) is 58.7 Å². The van der Waals surface area contributed by atoms with Gasteiger partial charge in [-0.2, -0.15) is 5.26 Å². The summed E-state index contributed by atoms with van der Waals surface area (Å²) in [7, 11) is 0. The molecule has 1 aromatic heterocycles. The highest BCUT2D eigenvalue weighted by Crippen LogP contribution is 2.31. The van der Waals surface area contributed by atoms with E-state index in [0.717, 1.165) is 59.0 Å². The molecule has 1 unspecified atom stereocenters. The van der Waals surface area contributed by atoms with Gasteiger partial charge in [0.2, 0.25) is 0 Å². The van der Waals surface area contributed by atoms with Crippen molar-refractivity contribution in [2.75, 3.05) is 6.54 Å². The number of aromatic nitrogens is 1. The second kappa shape index (κ2) is 8.52. The fraction of sp³-hybridized carbons (Fsp3) is 0.400. The molecule has 1 aromatic carbocycles. The van der Waals surface area contributed by atoms with Gasteiger partial charge >= 0.3 is 0 Å². The third-order valence-electron chi connectivity index (χ3n) is 6.08. The molecular formula is C25H28N4O2. The van der Waals surface area contributed by atoms with Gasteiger partial charge in [0.15, 0.2) is 6.23 Å². The molecule has 2 aliphatic heterocycles. The van der Waals surface area contributed by atoms with Gasteiger partial charge < -0.3 is 15.0 Å². The number of dihydropyridines is 1. The van der Waals surface area contributed by atoms with Crippen LogP contribution in [0.1, 0.15) is 67.6 Å². The maximum atomic E-state index is 13.3. The van der Waals surface area contributed by atoms with Crippen LogP contribution in [0.5, 0.6) is 0 Å². The third-order valence-corrected chi connectivity index (χ3v) is 6.08. The molecule has 31 heavy (non-hydrogen) atoms. The smallest absolute Gasteiger partial charge is 0.252 e. The van der Waals surface area contributed by atoms with Crippen molar-refractivity contribution >= 4 is 22.5 Å². The molecule has 0 saturated heterocycles. The van der Waals surface area contributed by atoms with Gasteiger partial charge in [0.1, 0.15) is 0 Å². The van der Waals surface area contributed by atoms with Gasteiger partial charge in [-0.1, -0.05) is 17.7 Å². The Morgan fingerprint density at radius 2 is 2.13 bits per heavy atom. The molecule has 3 heterocycles. The first-order valence-electron chi connectivity index (χ1n) is 10.8. The zero-order valence-corrected chi connectivity index (χ0v) is 18.3. The fourth-order valence-electron chi connectivity index (χ4n) is 4.55.